The summed E-state index contributed by atoms with van der Waals surface area (Å²) in [5.41, 5.74) is 4.37. The Hall–Kier alpha value is -2.33. The first kappa shape index (κ1) is 24.3. The predicted octanol–water partition coefficient (Wildman–Crippen LogP) is 3.92. The van der Waals surface area contributed by atoms with Crippen molar-refractivity contribution in [2.75, 3.05) is 19.8 Å². The van der Waals surface area contributed by atoms with Crippen LogP contribution in [0.5, 0.6) is 5.75 Å². The molecule has 32 heavy (non-hydrogen) atoms. The van der Waals surface area contributed by atoms with Crippen LogP contribution in [-0.4, -0.2) is 41.4 Å². The molecule has 0 saturated carbocycles. The molecule has 1 aliphatic heterocycles. The number of hydrogen-bond acceptors (Lipinski definition) is 4. The first-order valence-electron chi connectivity index (χ1n) is 10.9. The molecule has 3 aromatic rings. The maximum Gasteiger partial charge on any atom is 0.191 e. The van der Waals surface area contributed by atoms with Crippen molar-refractivity contribution in [3.8, 4) is 5.75 Å². The largest absolute Gasteiger partial charge is 0.488 e. The van der Waals surface area contributed by atoms with Crippen LogP contribution in [0.3, 0.4) is 0 Å². The third-order valence-corrected chi connectivity index (χ3v) is 5.45. The van der Waals surface area contributed by atoms with Gasteiger partial charge in [-0.05, 0) is 37.6 Å². The Balaban J connectivity index is 0.00000289. The van der Waals surface area contributed by atoms with Crippen molar-refractivity contribution < 1.29 is 9.47 Å². The van der Waals surface area contributed by atoms with E-state index >= 15 is 0 Å². The van der Waals surface area contributed by atoms with Crippen molar-refractivity contribution in [1.82, 2.24) is 20.2 Å². The third-order valence-electron chi connectivity index (χ3n) is 5.45. The number of guanidine groups is 1. The maximum atomic E-state index is 6.21. The zero-order valence-corrected chi connectivity index (χ0v) is 21.3. The van der Waals surface area contributed by atoms with Crippen molar-refractivity contribution in [1.29, 1.82) is 0 Å². The quantitative estimate of drug-likeness (QED) is 0.266. The molecule has 4 rings (SSSR count). The Morgan fingerprint density at radius 1 is 1.25 bits per heavy atom. The molecule has 0 bridgehead atoms. The van der Waals surface area contributed by atoms with Crippen molar-refractivity contribution in [3.63, 3.8) is 0 Å². The topological polar surface area (TPSA) is 72.7 Å². The minimum Gasteiger partial charge on any atom is -0.488 e. The number of para-hydroxylation sites is 2. The number of aryl methyl sites for hydroxylation is 2. The zero-order valence-electron chi connectivity index (χ0n) is 18.9. The summed E-state index contributed by atoms with van der Waals surface area (Å²) in [6.07, 6.45) is 1.05. The molecule has 1 fully saturated rings. The lowest BCUT2D eigenvalue weighted by Gasteiger charge is -2.16. The monoisotopic (exact) mass is 549 g/mol. The standard InChI is InChI=1S/C24H31N5O2.HI/c1-4-25-24(27-15-23-28-20-7-5-6-8-21(20)29(23)3)26-14-18-10-9-17(2)13-22(18)31-19-11-12-30-16-19;/h5-10,13,19H,4,11-12,14-16H2,1-3H3,(H2,25,26,27);1H. The molecule has 1 aromatic heterocycles. The summed E-state index contributed by atoms with van der Waals surface area (Å²) < 4.78 is 13.8. The molecule has 2 aromatic carbocycles. The van der Waals surface area contributed by atoms with Crippen LogP contribution in [0.25, 0.3) is 11.0 Å². The Labute approximate surface area is 206 Å². The van der Waals surface area contributed by atoms with Crippen LogP contribution in [0.15, 0.2) is 47.5 Å². The van der Waals surface area contributed by atoms with Gasteiger partial charge in [-0.2, -0.15) is 0 Å². The van der Waals surface area contributed by atoms with Crippen LogP contribution >= 0.6 is 24.0 Å². The Kier molecular flexibility index (Phi) is 8.75. The second-order valence-corrected chi connectivity index (χ2v) is 7.84. The zero-order chi connectivity index (χ0) is 21.6. The molecule has 0 amide bonds. The van der Waals surface area contributed by atoms with E-state index in [1.165, 1.54) is 5.56 Å². The van der Waals surface area contributed by atoms with Gasteiger partial charge in [0.25, 0.3) is 0 Å². The molecule has 172 valence electrons. The number of benzene rings is 2. The summed E-state index contributed by atoms with van der Waals surface area (Å²) >= 11 is 0. The summed E-state index contributed by atoms with van der Waals surface area (Å²) in [7, 11) is 2.04. The third kappa shape index (κ3) is 5.92. The van der Waals surface area contributed by atoms with E-state index in [2.05, 4.69) is 53.3 Å². The summed E-state index contributed by atoms with van der Waals surface area (Å²) in [6.45, 7) is 7.46. The van der Waals surface area contributed by atoms with Crippen LogP contribution in [0.4, 0.5) is 0 Å². The van der Waals surface area contributed by atoms with E-state index < -0.39 is 0 Å². The van der Waals surface area contributed by atoms with E-state index in [1.807, 2.05) is 25.2 Å². The number of aliphatic imine (C=N–C) groups is 1. The second-order valence-electron chi connectivity index (χ2n) is 7.84. The SMILES string of the molecule is CCNC(=NCc1ccc(C)cc1OC1CCOC1)NCc1nc2ccccc2n1C.I. The van der Waals surface area contributed by atoms with Gasteiger partial charge in [-0.3, -0.25) is 0 Å². The molecule has 0 radical (unpaired) electrons. The highest BCUT2D eigenvalue weighted by Gasteiger charge is 2.18. The Morgan fingerprint density at radius 3 is 2.84 bits per heavy atom. The van der Waals surface area contributed by atoms with Gasteiger partial charge in [0, 0.05) is 25.6 Å². The predicted molar refractivity (Wildman–Crippen MR) is 139 cm³/mol. The molecule has 0 spiro atoms. The van der Waals surface area contributed by atoms with Crippen molar-refractivity contribution in [3.05, 3.63) is 59.4 Å². The number of hydrogen-bond donors (Lipinski definition) is 2. The molecule has 1 unspecified atom stereocenters. The smallest absolute Gasteiger partial charge is 0.191 e. The summed E-state index contributed by atoms with van der Waals surface area (Å²) in [5.74, 6) is 2.61. The molecular weight excluding hydrogens is 517 g/mol. The number of rotatable bonds is 7. The Bertz CT molecular complexity index is 1060. The first-order chi connectivity index (χ1) is 15.1. The van der Waals surface area contributed by atoms with Gasteiger partial charge in [0.15, 0.2) is 5.96 Å². The van der Waals surface area contributed by atoms with Crippen LogP contribution in [0.1, 0.15) is 30.3 Å². The first-order valence-corrected chi connectivity index (χ1v) is 10.9. The van der Waals surface area contributed by atoms with Crippen LogP contribution in [0, 0.1) is 6.92 Å². The highest BCUT2D eigenvalue weighted by atomic mass is 127. The van der Waals surface area contributed by atoms with Crippen LogP contribution in [0.2, 0.25) is 0 Å². The van der Waals surface area contributed by atoms with E-state index in [0.717, 1.165) is 53.7 Å². The van der Waals surface area contributed by atoms with Gasteiger partial charge in [-0.15, -0.1) is 24.0 Å². The average molecular weight is 549 g/mol. The van der Waals surface area contributed by atoms with E-state index in [0.29, 0.717) is 19.7 Å². The molecule has 0 aliphatic carbocycles. The fourth-order valence-electron chi connectivity index (χ4n) is 3.71. The van der Waals surface area contributed by atoms with E-state index in [9.17, 15) is 0 Å². The second kappa shape index (κ2) is 11.5. The summed E-state index contributed by atoms with van der Waals surface area (Å²) in [6, 6.07) is 14.4. The van der Waals surface area contributed by atoms with Crippen molar-refractivity contribution in [2.45, 2.75) is 39.5 Å². The number of ether oxygens (including phenoxy) is 2. The van der Waals surface area contributed by atoms with E-state index in [-0.39, 0.29) is 30.1 Å². The lowest BCUT2D eigenvalue weighted by Crippen LogP contribution is -2.37. The van der Waals surface area contributed by atoms with Gasteiger partial charge in [0.1, 0.15) is 17.7 Å². The van der Waals surface area contributed by atoms with Gasteiger partial charge in [0.2, 0.25) is 0 Å². The number of imidazole rings is 1. The lowest BCUT2D eigenvalue weighted by molar-refractivity contribution is 0.140. The van der Waals surface area contributed by atoms with Crippen LogP contribution in [-0.2, 0) is 24.9 Å². The number of aromatic nitrogens is 2. The highest BCUT2D eigenvalue weighted by Crippen LogP contribution is 2.24. The number of fused-ring (bicyclic) bond motifs is 1. The lowest BCUT2D eigenvalue weighted by atomic mass is 10.1. The molecular formula is C24H32IN5O2. The maximum absolute atomic E-state index is 6.21. The van der Waals surface area contributed by atoms with Gasteiger partial charge in [-0.1, -0.05) is 24.3 Å². The average Bonchev–Trinajstić information content (AvgIpc) is 3.39. The van der Waals surface area contributed by atoms with Crippen molar-refractivity contribution in [2.24, 2.45) is 12.0 Å². The van der Waals surface area contributed by atoms with Gasteiger partial charge in [0.05, 0.1) is 37.3 Å². The molecule has 7 nitrogen and oxygen atoms in total. The number of nitrogens with zero attached hydrogens (tertiary/aromatic N) is 3. The fourth-order valence-corrected chi connectivity index (χ4v) is 3.71. The molecule has 1 saturated heterocycles. The minimum atomic E-state index is 0. The van der Waals surface area contributed by atoms with Crippen molar-refractivity contribution >= 4 is 41.0 Å². The normalized spacial score (nSPS) is 16.1. The summed E-state index contributed by atoms with van der Waals surface area (Å²) in [5, 5.41) is 6.73. The van der Waals surface area contributed by atoms with Gasteiger partial charge in [-0.25, -0.2) is 9.98 Å². The molecule has 2 N–H and O–H groups in total. The van der Waals surface area contributed by atoms with Crippen LogP contribution < -0.4 is 15.4 Å². The van der Waals surface area contributed by atoms with E-state index in [1.54, 1.807) is 0 Å². The highest BCUT2D eigenvalue weighted by molar-refractivity contribution is 14.0. The molecule has 8 heteroatoms. The molecule has 1 atom stereocenters. The molecule has 2 heterocycles. The van der Waals surface area contributed by atoms with E-state index in [4.69, 9.17) is 19.5 Å². The number of nitrogens with one attached hydrogen (secondary N) is 2. The Morgan fingerprint density at radius 2 is 2.09 bits per heavy atom. The molecule has 1 aliphatic rings. The minimum absolute atomic E-state index is 0. The summed E-state index contributed by atoms with van der Waals surface area (Å²) in [4.78, 5) is 9.52. The fraction of sp³-hybridized carbons (Fsp3) is 0.417. The van der Waals surface area contributed by atoms with Gasteiger partial charge >= 0.3 is 0 Å². The number of halogens is 1. The van der Waals surface area contributed by atoms with Gasteiger partial charge < -0.3 is 24.7 Å².